The fourth-order valence-corrected chi connectivity index (χ4v) is 2.53. The Labute approximate surface area is 123 Å². The summed E-state index contributed by atoms with van der Waals surface area (Å²) in [5.41, 5.74) is 3.37. The van der Waals surface area contributed by atoms with E-state index in [2.05, 4.69) is 24.3 Å². The van der Waals surface area contributed by atoms with E-state index in [1.165, 1.54) is 6.07 Å². The zero-order chi connectivity index (χ0) is 14.9. The maximum atomic E-state index is 13.7. The van der Waals surface area contributed by atoms with Crippen LogP contribution in [0.25, 0.3) is 0 Å². The van der Waals surface area contributed by atoms with Gasteiger partial charge in [-0.3, -0.25) is 4.68 Å². The Hall–Kier alpha value is -1.55. The molecule has 108 valence electrons. The van der Waals surface area contributed by atoms with Gasteiger partial charge in [0.25, 0.3) is 0 Å². The number of anilines is 1. The molecule has 0 aliphatic heterocycles. The molecule has 1 aromatic carbocycles. The van der Waals surface area contributed by atoms with Gasteiger partial charge in [0.2, 0.25) is 0 Å². The van der Waals surface area contributed by atoms with Gasteiger partial charge in [0.05, 0.1) is 17.1 Å². The predicted octanol–water partition coefficient (Wildman–Crippen LogP) is 4.49. The Balaban J connectivity index is 2.24. The summed E-state index contributed by atoms with van der Waals surface area (Å²) in [6, 6.07) is 5.01. The van der Waals surface area contributed by atoms with Crippen molar-refractivity contribution in [2.45, 2.75) is 40.3 Å². The molecule has 1 N–H and O–H groups in total. The van der Waals surface area contributed by atoms with Crippen LogP contribution in [0.1, 0.15) is 36.8 Å². The van der Waals surface area contributed by atoms with Gasteiger partial charge in [-0.1, -0.05) is 17.7 Å². The van der Waals surface area contributed by atoms with Crippen LogP contribution in [-0.2, 0) is 6.54 Å². The van der Waals surface area contributed by atoms with Gasteiger partial charge in [-0.05, 0) is 39.8 Å². The molecule has 20 heavy (non-hydrogen) atoms. The van der Waals surface area contributed by atoms with Crippen LogP contribution >= 0.6 is 11.6 Å². The summed E-state index contributed by atoms with van der Waals surface area (Å²) in [5.74, 6) is -0.295. The molecule has 0 amide bonds. The molecule has 0 saturated heterocycles. The van der Waals surface area contributed by atoms with E-state index >= 15 is 0 Å². The largest absolute Gasteiger partial charge is 0.378 e. The van der Waals surface area contributed by atoms with Crippen LogP contribution in [0, 0.1) is 19.7 Å². The molecule has 0 aliphatic rings. The zero-order valence-corrected chi connectivity index (χ0v) is 12.9. The number of aryl methyl sites for hydroxylation is 1. The highest BCUT2D eigenvalue weighted by Crippen LogP contribution is 2.25. The number of hydrogen-bond donors (Lipinski definition) is 1. The van der Waals surface area contributed by atoms with E-state index in [-0.39, 0.29) is 5.82 Å². The molecule has 3 nitrogen and oxygen atoms in total. The maximum absolute atomic E-state index is 13.7. The minimum absolute atomic E-state index is 0.293. The highest BCUT2D eigenvalue weighted by atomic mass is 35.5. The normalized spacial score (nSPS) is 11.2. The molecule has 5 heteroatoms. The monoisotopic (exact) mass is 295 g/mol. The van der Waals surface area contributed by atoms with Crippen molar-refractivity contribution >= 4 is 17.3 Å². The second-order valence-electron chi connectivity index (χ2n) is 5.14. The summed E-state index contributed by atoms with van der Waals surface area (Å²) < 4.78 is 15.7. The lowest BCUT2D eigenvalue weighted by Gasteiger charge is -2.11. The zero-order valence-electron chi connectivity index (χ0n) is 12.2. The third-order valence-corrected chi connectivity index (χ3v) is 3.67. The van der Waals surface area contributed by atoms with Crippen LogP contribution in [0.4, 0.5) is 10.1 Å². The number of halogens is 2. The lowest BCUT2D eigenvalue weighted by molar-refractivity contribution is 0.516. The molecule has 0 aliphatic carbocycles. The lowest BCUT2D eigenvalue weighted by atomic mass is 10.2. The van der Waals surface area contributed by atoms with Gasteiger partial charge < -0.3 is 5.32 Å². The summed E-state index contributed by atoms with van der Waals surface area (Å²) in [4.78, 5) is 0. The van der Waals surface area contributed by atoms with E-state index in [0.717, 1.165) is 17.1 Å². The quantitative estimate of drug-likeness (QED) is 0.901. The van der Waals surface area contributed by atoms with Crippen LogP contribution in [-0.4, -0.2) is 9.78 Å². The van der Waals surface area contributed by atoms with E-state index in [1.807, 2.05) is 18.5 Å². The van der Waals surface area contributed by atoms with Crippen LogP contribution in [0.3, 0.4) is 0 Å². The third-order valence-electron chi connectivity index (χ3n) is 3.32. The highest BCUT2D eigenvalue weighted by Gasteiger charge is 2.14. The molecule has 0 spiro atoms. The van der Waals surface area contributed by atoms with Crippen molar-refractivity contribution in [2.24, 2.45) is 0 Å². The van der Waals surface area contributed by atoms with Gasteiger partial charge in [-0.25, -0.2) is 4.39 Å². The molecule has 2 rings (SSSR count). The molecule has 0 unspecified atom stereocenters. The Kier molecular flexibility index (Phi) is 4.33. The molecule has 0 saturated carbocycles. The molecule has 0 atom stereocenters. The van der Waals surface area contributed by atoms with Gasteiger partial charge in [0.15, 0.2) is 0 Å². The summed E-state index contributed by atoms with van der Waals surface area (Å²) in [6.45, 7) is 8.45. The first-order valence-corrected chi connectivity index (χ1v) is 7.02. The Morgan fingerprint density at radius 2 is 2.05 bits per heavy atom. The molecule has 1 heterocycles. The average molecular weight is 296 g/mol. The molecule has 0 radical (unpaired) electrons. The van der Waals surface area contributed by atoms with Crippen molar-refractivity contribution in [3.63, 3.8) is 0 Å². The minimum atomic E-state index is -0.295. The number of nitrogens with zero attached hydrogens (tertiary/aromatic N) is 2. The molecule has 2 aromatic rings. The first kappa shape index (κ1) is 14.9. The van der Waals surface area contributed by atoms with Crippen molar-refractivity contribution in [1.82, 2.24) is 9.78 Å². The van der Waals surface area contributed by atoms with Crippen molar-refractivity contribution in [3.8, 4) is 0 Å². The number of aromatic nitrogens is 2. The van der Waals surface area contributed by atoms with Gasteiger partial charge >= 0.3 is 0 Å². The maximum Gasteiger partial charge on any atom is 0.129 e. The van der Waals surface area contributed by atoms with Crippen molar-refractivity contribution in [3.05, 3.63) is 46.0 Å². The van der Waals surface area contributed by atoms with Gasteiger partial charge in [0, 0.05) is 23.2 Å². The van der Waals surface area contributed by atoms with Gasteiger partial charge in [-0.2, -0.15) is 5.10 Å². The summed E-state index contributed by atoms with van der Waals surface area (Å²) in [6.07, 6.45) is 0. The van der Waals surface area contributed by atoms with Crippen LogP contribution in [0.5, 0.6) is 0 Å². The fourth-order valence-electron chi connectivity index (χ4n) is 2.30. The Bertz CT molecular complexity index is 600. The lowest BCUT2D eigenvalue weighted by Crippen LogP contribution is -2.07. The predicted molar refractivity (Wildman–Crippen MR) is 80.8 cm³/mol. The summed E-state index contributed by atoms with van der Waals surface area (Å²) in [7, 11) is 0. The van der Waals surface area contributed by atoms with Crippen LogP contribution < -0.4 is 5.32 Å². The number of hydrogen-bond acceptors (Lipinski definition) is 2. The SMILES string of the molecule is Cc1nn(C(C)C)c(C)c1NCc1c(F)cccc1Cl. The minimum Gasteiger partial charge on any atom is -0.378 e. The summed E-state index contributed by atoms with van der Waals surface area (Å²) >= 11 is 6.03. The van der Waals surface area contributed by atoms with E-state index in [9.17, 15) is 4.39 Å². The highest BCUT2D eigenvalue weighted by molar-refractivity contribution is 6.31. The van der Waals surface area contributed by atoms with Gasteiger partial charge in [-0.15, -0.1) is 0 Å². The molecular weight excluding hydrogens is 277 g/mol. The van der Waals surface area contributed by atoms with Crippen molar-refractivity contribution in [2.75, 3.05) is 5.32 Å². The number of rotatable bonds is 4. The van der Waals surface area contributed by atoms with E-state index in [1.54, 1.807) is 12.1 Å². The topological polar surface area (TPSA) is 29.9 Å². The third kappa shape index (κ3) is 2.80. The Morgan fingerprint density at radius 1 is 1.35 bits per heavy atom. The number of benzene rings is 1. The van der Waals surface area contributed by atoms with Crippen LogP contribution in [0.15, 0.2) is 18.2 Å². The molecule has 0 bridgehead atoms. The van der Waals surface area contributed by atoms with Crippen molar-refractivity contribution < 1.29 is 4.39 Å². The van der Waals surface area contributed by atoms with E-state index in [0.29, 0.717) is 23.2 Å². The van der Waals surface area contributed by atoms with Crippen molar-refractivity contribution in [1.29, 1.82) is 0 Å². The number of nitrogens with one attached hydrogen (secondary N) is 1. The molecule has 0 fully saturated rings. The second kappa shape index (κ2) is 5.83. The Morgan fingerprint density at radius 3 is 2.60 bits per heavy atom. The first-order chi connectivity index (χ1) is 9.41. The second-order valence-corrected chi connectivity index (χ2v) is 5.55. The smallest absolute Gasteiger partial charge is 0.129 e. The fraction of sp³-hybridized carbons (Fsp3) is 0.400. The van der Waals surface area contributed by atoms with Gasteiger partial charge in [0.1, 0.15) is 5.82 Å². The molecular formula is C15H19ClFN3. The average Bonchev–Trinajstić information content (AvgIpc) is 2.65. The van der Waals surface area contributed by atoms with Crippen LogP contribution in [0.2, 0.25) is 5.02 Å². The first-order valence-electron chi connectivity index (χ1n) is 6.64. The summed E-state index contributed by atoms with van der Waals surface area (Å²) in [5, 5.41) is 8.18. The molecule has 1 aromatic heterocycles. The standard InChI is InChI=1S/C15H19ClFN3/c1-9(2)20-11(4)15(10(3)19-20)18-8-12-13(16)6-5-7-14(12)17/h5-7,9,18H,8H2,1-4H3. The van der Waals surface area contributed by atoms with E-state index in [4.69, 9.17) is 11.6 Å². The van der Waals surface area contributed by atoms with E-state index < -0.39 is 0 Å².